The molecule has 2 rings (SSSR count). The molecular formula is C13H20N4O2S. The predicted octanol–water partition coefficient (Wildman–Crippen LogP) is 1.86. The molecule has 1 N–H and O–H groups in total. The summed E-state index contributed by atoms with van der Waals surface area (Å²) in [6.45, 7) is 7.48. The van der Waals surface area contributed by atoms with Gasteiger partial charge in [-0.25, -0.2) is 0 Å². The van der Waals surface area contributed by atoms with Crippen LogP contribution < -0.4 is 5.32 Å². The smallest absolute Gasteiger partial charge is 0.315 e. The molecule has 110 valence electrons. The van der Waals surface area contributed by atoms with Gasteiger partial charge in [-0.2, -0.15) is 0 Å². The molecule has 2 amide bonds. The Morgan fingerprint density at radius 2 is 1.95 bits per heavy atom. The zero-order chi connectivity index (χ0) is 14.7. The summed E-state index contributed by atoms with van der Waals surface area (Å²) < 4.78 is 0. The van der Waals surface area contributed by atoms with Crippen LogP contribution in [0.2, 0.25) is 0 Å². The molecule has 0 unspecified atom stereocenters. The van der Waals surface area contributed by atoms with Gasteiger partial charge in [-0.15, -0.1) is 10.2 Å². The van der Waals surface area contributed by atoms with Gasteiger partial charge in [0.05, 0.1) is 0 Å². The fraction of sp³-hybridized carbons (Fsp3) is 0.692. The highest BCUT2D eigenvalue weighted by Crippen LogP contribution is 2.22. The molecule has 1 aliphatic rings. The first-order valence-corrected chi connectivity index (χ1v) is 7.72. The quantitative estimate of drug-likeness (QED) is 0.845. The molecule has 7 heteroatoms. The Labute approximate surface area is 122 Å². The van der Waals surface area contributed by atoms with Crippen LogP contribution >= 0.6 is 11.3 Å². The average Bonchev–Trinajstić information content (AvgIpc) is 2.87. The van der Waals surface area contributed by atoms with E-state index >= 15 is 0 Å². The minimum absolute atomic E-state index is 0.262. The van der Waals surface area contributed by atoms with Crippen molar-refractivity contribution >= 4 is 28.3 Å². The molecule has 0 saturated carbocycles. The summed E-state index contributed by atoms with van der Waals surface area (Å²) in [5.74, 6) is -0.208. The first-order valence-electron chi connectivity index (χ1n) is 6.91. The molecule has 2 heterocycles. The third-order valence-corrected chi connectivity index (χ3v) is 4.56. The highest BCUT2D eigenvalue weighted by atomic mass is 32.1. The monoisotopic (exact) mass is 296 g/mol. The highest BCUT2D eigenvalue weighted by Gasteiger charge is 2.26. The second-order valence-electron chi connectivity index (χ2n) is 5.53. The lowest BCUT2D eigenvalue weighted by atomic mass is 9.99. The second-order valence-corrected chi connectivity index (χ2v) is 6.54. The molecule has 0 bridgehead atoms. The molecule has 1 saturated heterocycles. The summed E-state index contributed by atoms with van der Waals surface area (Å²) in [4.78, 5) is 25.5. The van der Waals surface area contributed by atoms with Crippen LogP contribution in [0.5, 0.6) is 0 Å². The summed E-state index contributed by atoms with van der Waals surface area (Å²) in [5, 5.41) is 11.6. The number of piperidine rings is 1. The standard InChI is InChI=1S/C13H20N4O2S/c1-8(2)11-15-16-13(20-11)14-10(18)12(19)17-6-4-9(3)5-7-17/h8-9H,4-7H2,1-3H3,(H,14,16,18). The van der Waals surface area contributed by atoms with E-state index in [-0.39, 0.29) is 5.92 Å². The first-order chi connectivity index (χ1) is 9.47. The number of nitrogens with one attached hydrogen (secondary N) is 1. The normalized spacial score (nSPS) is 16.5. The average molecular weight is 296 g/mol. The van der Waals surface area contributed by atoms with Gasteiger partial charge in [0.25, 0.3) is 0 Å². The predicted molar refractivity (Wildman–Crippen MR) is 77.6 cm³/mol. The summed E-state index contributed by atoms with van der Waals surface area (Å²) in [6, 6.07) is 0. The number of hydrogen-bond donors (Lipinski definition) is 1. The van der Waals surface area contributed by atoms with E-state index in [1.54, 1.807) is 4.90 Å². The van der Waals surface area contributed by atoms with Crippen molar-refractivity contribution in [3.05, 3.63) is 5.01 Å². The van der Waals surface area contributed by atoms with Gasteiger partial charge in [0.2, 0.25) is 5.13 Å². The minimum Gasteiger partial charge on any atom is -0.334 e. The van der Waals surface area contributed by atoms with Crippen molar-refractivity contribution in [2.24, 2.45) is 5.92 Å². The van der Waals surface area contributed by atoms with E-state index in [0.29, 0.717) is 24.1 Å². The fourth-order valence-electron chi connectivity index (χ4n) is 2.02. The van der Waals surface area contributed by atoms with E-state index in [4.69, 9.17) is 0 Å². The summed E-state index contributed by atoms with van der Waals surface area (Å²) in [5.41, 5.74) is 0. The Morgan fingerprint density at radius 3 is 2.50 bits per heavy atom. The SMILES string of the molecule is CC1CCN(C(=O)C(=O)Nc2nnc(C(C)C)s2)CC1. The lowest BCUT2D eigenvalue weighted by Crippen LogP contribution is -2.43. The number of aromatic nitrogens is 2. The number of anilines is 1. The Hall–Kier alpha value is -1.50. The third-order valence-electron chi connectivity index (χ3n) is 3.42. The van der Waals surface area contributed by atoms with E-state index in [0.717, 1.165) is 17.8 Å². The van der Waals surface area contributed by atoms with Gasteiger partial charge < -0.3 is 4.90 Å². The zero-order valence-electron chi connectivity index (χ0n) is 12.0. The zero-order valence-corrected chi connectivity index (χ0v) is 12.9. The van der Waals surface area contributed by atoms with E-state index < -0.39 is 11.8 Å². The van der Waals surface area contributed by atoms with Crippen LogP contribution in [-0.2, 0) is 9.59 Å². The lowest BCUT2D eigenvalue weighted by molar-refractivity contribution is -0.144. The van der Waals surface area contributed by atoms with Crippen molar-refractivity contribution in [1.82, 2.24) is 15.1 Å². The van der Waals surface area contributed by atoms with Crippen molar-refractivity contribution in [3.63, 3.8) is 0 Å². The lowest BCUT2D eigenvalue weighted by Gasteiger charge is -2.29. The topological polar surface area (TPSA) is 75.2 Å². The van der Waals surface area contributed by atoms with Crippen molar-refractivity contribution in [1.29, 1.82) is 0 Å². The van der Waals surface area contributed by atoms with Gasteiger partial charge in [0.1, 0.15) is 5.01 Å². The van der Waals surface area contributed by atoms with Gasteiger partial charge in [-0.1, -0.05) is 32.1 Å². The van der Waals surface area contributed by atoms with E-state index in [1.807, 2.05) is 13.8 Å². The maximum absolute atomic E-state index is 12.0. The van der Waals surface area contributed by atoms with Gasteiger partial charge in [0, 0.05) is 19.0 Å². The molecule has 1 fully saturated rings. The number of hydrogen-bond acceptors (Lipinski definition) is 5. The van der Waals surface area contributed by atoms with Crippen molar-refractivity contribution in [2.45, 2.75) is 39.5 Å². The molecule has 6 nitrogen and oxygen atoms in total. The number of rotatable bonds is 2. The number of carbonyl (C=O) groups excluding carboxylic acids is 2. The van der Waals surface area contributed by atoms with E-state index in [1.165, 1.54) is 11.3 Å². The van der Waals surface area contributed by atoms with Crippen LogP contribution in [0.3, 0.4) is 0 Å². The second kappa shape index (κ2) is 6.30. The number of likely N-dealkylation sites (tertiary alicyclic amines) is 1. The van der Waals surface area contributed by atoms with E-state index in [2.05, 4.69) is 22.4 Å². The molecule has 1 aromatic rings. The molecule has 0 spiro atoms. The molecule has 0 radical (unpaired) electrons. The van der Waals surface area contributed by atoms with Gasteiger partial charge in [0.15, 0.2) is 0 Å². The highest BCUT2D eigenvalue weighted by molar-refractivity contribution is 7.15. The maximum atomic E-state index is 12.0. The molecule has 0 aliphatic carbocycles. The molecule has 1 aliphatic heterocycles. The van der Waals surface area contributed by atoms with Gasteiger partial charge in [-0.05, 0) is 18.8 Å². The number of amides is 2. The number of nitrogens with zero attached hydrogens (tertiary/aromatic N) is 3. The molecule has 20 heavy (non-hydrogen) atoms. The van der Waals surface area contributed by atoms with Crippen LogP contribution in [-0.4, -0.2) is 40.0 Å². The fourth-order valence-corrected chi connectivity index (χ4v) is 2.77. The Kier molecular flexibility index (Phi) is 4.69. The molecule has 1 aromatic heterocycles. The van der Waals surface area contributed by atoms with Crippen LogP contribution in [0.4, 0.5) is 5.13 Å². The largest absolute Gasteiger partial charge is 0.334 e. The van der Waals surface area contributed by atoms with Gasteiger partial charge in [-0.3, -0.25) is 14.9 Å². The summed E-state index contributed by atoms with van der Waals surface area (Å²) in [6.07, 6.45) is 1.91. The van der Waals surface area contributed by atoms with E-state index in [9.17, 15) is 9.59 Å². The van der Waals surface area contributed by atoms with Crippen LogP contribution in [0.25, 0.3) is 0 Å². The summed E-state index contributed by atoms with van der Waals surface area (Å²) >= 11 is 1.31. The van der Waals surface area contributed by atoms with Crippen LogP contribution in [0, 0.1) is 5.92 Å². The Morgan fingerprint density at radius 1 is 1.30 bits per heavy atom. The van der Waals surface area contributed by atoms with Crippen LogP contribution in [0.1, 0.15) is 44.5 Å². The minimum atomic E-state index is -0.619. The van der Waals surface area contributed by atoms with Crippen molar-refractivity contribution < 1.29 is 9.59 Å². The van der Waals surface area contributed by atoms with Crippen LogP contribution in [0.15, 0.2) is 0 Å². The third kappa shape index (κ3) is 3.53. The first kappa shape index (κ1) is 14.9. The molecular weight excluding hydrogens is 276 g/mol. The summed E-state index contributed by atoms with van der Waals surface area (Å²) in [7, 11) is 0. The number of carbonyl (C=O) groups is 2. The van der Waals surface area contributed by atoms with Crippen molar-refractivity contribution in [3.8, 4) is 0 Å². The molecule has 0 aromatic carbocycles. The molecule has 0 atom stereocenters. The maximum Gasteiger partial charge on any atom is 0.315 e. The Bertz CT molecular complexity index is 492. The van der Waals surface area contributed by atoms with Crippen molar-refractivity contribution in [2.75, 3.05) is 18.4 Å². The van der Waals surface area contributed by atoms with Gasteiger partial charge >= 0.3 is 11.8 Å². The Balaban J connectivity index is 1.92.